The van der Waals surface area contributed by atoms with E-state index in [9.17, 15) is 4.79 Å². The van der Waals surface area contributed by atoms with Crippen LogP contribution in [0.25, 0.3) is 0 Å². The molecule has 1 aliphatic rings. The number of carbonyl (C=O) groups excluding carboxylic acids is 1. The summed E-state index contributed by atoms with van der Waals surface area (Å²) in [5, 5.41) is 6.25. The average Bonchev–Trinajstić information content (AvgIpc) is 2.94. The second-order valence-corrected chi connectivity index (χ2v) is 7.30. The molecule has 1 saturated heterocycles. The standard InChI is InChI=1S/C19H23N3OS/c1-14-15(2)24-13-18(14)19(23)21-20-17-8-10-22(11-9-17)12-16-6-4-3-5-7-16/h3-7,13H,8-12H2,1-2H3,(H,21,23). The number of nitrogens with zero attached hydrogens (tertiary/aromatic N) is 2. The molecule has 3 rings (SSSR count). The lowest BCUT2D eigenvalue weighted by Crippen LogP contribution is -2.34. The highest BCUT2D eigenvalue weighted by molar-refractivity contribution is 7.10. The zero-order chi connectivity index (χ0) is 16.9. The van der Waals surface area contributed by atoms with Gasteiger partial charge in [0, 0.05) is 48.4 Å². The molecule has 0 spiro atoms. The van der Waals surface area contributed by atoms with Crippen molar-refractivity contribution in [3.05, 3.63) is 57.3 Å². The monoisotopic (exact) mass is 341 g/mol. The topological polar surface area (TPSA) is 44.7 Å². The number of hydrazone groups is 1. The molecular weight excluding hydrogens is 318 g/mol. The number of nitrogens with one attached hydrogen (secondary N) is 1. The molecule has 1 fully saturated rings. The fraction of sp³-hybridized carbons (Fsp3) is 0.368. The number of aryl methyl sites for hydroxylation is 1. The molecule has 0 bridgehead atoms. The molecule has 5 heteroatoms. The largest absolute Gasteiger partial charge is 0.298 e. The van der Waals surface area contributed by atoms with E-state index in [2.05, 4.69) is 39.7 Å². The van der Waals surface area contributed by atoms with Gasteiger partial charge in [-0.2, -0.15) is 5.10 Å². The Balaban J connectivity index is 1.50. The van der Waals surface area contributed by atoms with Crippen LogP contribution in [0.5, 0.6) is 0 Å². The Morgan fingerprint density at radius 2 is 1.92 bits per heavy atom. The van der Waals surface area contributed by atoms with Crippen molar-refractivity contribution in [3.63, 3.8) is 0 Å². The van der Waals surface area contributed by atoms with Crippen LogP contribution in [0.15, 0.2) is 40.8 Å². The van der Waals surface area contributed by atoms with Gasteiger partial charge in [0.15, 0.2) is 0 Å². The first-order valence-electron chi connectivity index (χ1n) is 8.30. The van der Waals surface area contributed by atoms with Gasteiger partial charge < -0.3 is 0 Å². The van der Waals surface area contributed by atoms with Crippen molar-refractivity contribution in [1.82, 2.24) is 10.3 Å². The molecule has 0 atom stereocenters. The van der Waals surface area contributed by atoms with Crippen LogP contribution in [0.1, 0.15) is 39.2 Å². The number of hydrogen-bond donors (Lipinski definition) is 1. The van der Waals surface area contributed by atoms with Crippen LogP contribution in [0, 0.1) is 13.8 Å². The van der Waals surface area contributed by atoms with Gasteiger partial charge >= 0.3 is 0 Å². The Morgan fingerprint density at radius 3 is 2.54 bits per heavy atom. The summed E-state index contributed by atoms with van der Waals surface area (Å²) in [7, 11) is 0. The predicted molar refractivity (Wildman–Crippen MR) is 99.6 cm³/mol. The minimum absolute atomic E-state index is 0.101. The van der Waals surface area contributed by atoms with Gasteiger partial charge in [-0.3, -0.25) is 9.69 Å². The second kappa shape index (κ2) is 7.73. The molecular formula is C19H23N3OS. The highest BCUT2D eigenvalue weighted by Gasteiger charge is 2.16. The number of benzene rings is 1. The molecule has 1 amide bonds. The van der Waals surface area contributed by atoms with Gasteiger partial charge in [-0.15, -0.1) is 11.3 Å². The van der Waals surface area contributed by atoms with Crippen molar-refractivity contribution >= 4 is 23.0 Å². The van der Waals surface area contributed by atoms with Crippen molar-refractivity contribution in [2.45, 2.75) is 33.2 Å². The molecule has 0 saturated carbocycles. The summed E-state index contributed by atoms with van der Waals surface area (Å²) in [6.45, 7) is 6.97. The van der Waals surface area contributed by atoms with E-state index in [-0.39, 0.29) is 5.91 Å². The number of rotatable bonds is 4. The molecule has 2 heterocycles. The zero-order valence-electron chi connectivity index (χ0n) is 14.2. The van der Waals surface area contributed by atoms with Gasteiger partial charge in [-0.25, -0.2) is 5.43 Å². The molecule has 126 valence electrons. The summed E-state index contributed by atoms with van der Waals surface area (Å²) in [4.78, 5) is 15.8. The molecule has 1 N–H and O–H groups in total. The van der Waals surface area contributed by atoms with E-state index in [1.54, 1.807) is 11.3 Å². The molecule has 0 aliphatic carbocycles. The van der Waals surface area contributed by atoms with E-state index in [0.717, 1.165) is 49.3 Å². The summed E-state index contributed by atoms with van der Waals surface area (Å²) in [6, 6.07) is 10.5. The smallest absolute Gasteiger partial charge is 0.272 e. The van der Waals surface area contributed by atoms with Crippen molar-refractivity contribution in [2.75, 3.05) is 13.1 Å². The van der Waals surface area contributed by atoms with Crippen molar-refractivity contribution in [2.24, 2.45) is 5.10 Å². The molecule has 0 unspecified atom stereocenters. The quantitative estimate of drug-likeness (QED) is 0.861. The normalized spacial score (nSPS) is 15.3. The molecule has 1 aromatic carbocycles. The van der Waals surface area contributed by atoms with E-state index in [4.69, 9.17) is 0 Å². The van der Waals surface area contributed by atoms with Gasteiger partial charge in [0.25, 0.3) is 5.91 Å². The number of amides is 1. The highest BCUT2D eigenvalue weighted by Crippen LogP contribution is 2.20. The van der Waals surface area contributed by atoms with Crippen LogP contribution >= 0.6 is 11.3 Å². The van der Waals surface area contributed by atoms with Crippen molar-refractivity contribution < 1.29 is 4.79 Å². The lowest BCUT2D eigenvalue weighted by molar-refractivity contribution is 0.0954. The molecule has 2 aromatic rings. The van der Waals surface area contributed by atoms with Crippen LogP contribution in [0.4, 0.5) is 0 Å². The second-order valence-electron chi connectivity index (χ2n) is 6.21. The van der Waals surface area contributed by atoms with Gasteiger partial charge in [0.1, 0.15) is 0 Å². The van der Waals surface area contributed by atoms with E-state index in [1.165, 1.54) is 10.4 Å². The van der Waals surface area contributed by atoms with Gasteiger partial charge in [0.2, 0.25) is 0 Å². The number of piperidine rings is 1. The van der Waals surface area contributed by atoms with E-state index in [1.807, 2.05) is 25.3 Å². The maximum Gasteiger partial charge on any atom is 0.272 e. The van der Waals surface area contributed by atoms with Gasteiger partial charge in [0.05, 0.1) is 5.56 Å². The summed E-state index contributed by atoms with van der Waals surface area (Å²) in [5.74, 6) is -0.101. The minimum atomic E-state index is -0.101. The van der Waals surface area contributed by atoms with Crippen LogP contribution in [-0.4, -0.2) is 29.6 Å². The van der Waals surface area contributed by atoms with Crippen LogP contribution in [0.3, 0.4) is 0 Å². The highest BCUT2D eigenvalue weighted by atomic mass is 32.1. The predicted octanol–water partition coefficient (Wildman–Crippen LogP) is 3.75. The van der Waals surface area contributed by atoms with Crippen LogP contribution < -0.4 is 5.43 Å². The SMILES string of the molecule is Cc1scc(C(=O)NN=C2CCN(Cc3ccccc3)CC2)c1C. The van der Waals surface area contributed by atoms with E-state index >= 15 is 0 Å². The maximum absolute atomic E-state index is 12.2. The summed E-state index contributed by atoms with van der Waals surface area (Å²) in [6.07, 6.45) is 1.82. The molecule has 24 heavy (non-hydrogen) atoms. The molecule has 1 aromatic heterocycles. The first kappa shape index (κ1) is 16.9. The Kier molecular flexibility index (Phi) is 5.43. The van der Waals surface area contributed by atoms with E-state index in [0.29, 0.717) is 0 Å². The molecule has 0 radical (unpaired) electrons. The van der Waals surface area contributed by atoms with Crippen molar-refractivity contribution in [3.8, 4) is 0 Å². The third-order valence-corrected chi connectivity index (χ3v) is 5.54. The fourth-order valence-electron chi connectivity index (χ4n) is 2.85. The van der Waals surface area contributed by atoms with Gasteiger partial charge in [-0.1, -0.05) is 30.3 Å². The Labute approximate surface area is 147 Å². The lowest BCUT2D eigenvalue weighted by Gasteiger charge is -2.27. The first-order valence-corrected chi connectivity index (χ1v) is 9.18. The van der Waals surface area contributed by atoms with E-state index < -0.39 is 0 Å². The third-order valence-electron chi connectivity index (χ3n) is 4.53. The summed E-state index contributed by atoms with van der Waals surface area (Å²) in [5.41, 5.74) is 6.94. The van der Waals surface area contributed by atoms with Crippen LogP contribution in [0.2, 0.25) is 0 Å². The number of hydrogen-bond acceptors (Lipinski definition) is 4. The summed E-state index contributed by atoms with van der Waals surface area (Å²) < 4.78 is 0. The Hall–Kier alpha value is -1.98. The van der Waals surface area contributed by atoms with Crippen LogP contribution in [-0.2, 0) is 6.54 Å². The number of thiophene rings is 1. The number of carbonyl (C=O) groups is 1. The van der Waals surface area contributed by atoms with Crippen molar-refractivity contribution in [1.29, 1.82) is 0 Å². The zero-order valence-corrected chi connectivity index (χ0v) is 15.0. The Bertz CT molecular complexity index is 726. The minimum Gasteiger partial charge on any atom is -0.298 e. The average molecular weight is 341 g/mol. The maximum atomic E-state index is 12.2. The number of likely N-dealkylation sites (tertiary alicyclic amines) is 1. The first-order chi connectivity index (χ1) is 11.6. The molecule has 4 nitrogen and oxygen atoms in total. The lowest BCUT2D eigenvalue weighted by atomic mass is 10.1. The third kappa shape index (κ3) is 4.10. The van der Waals surface area contributed by atoms with Gasteiger partial charge in [-0.05, 0) is 25.0 Å². The molecule has 1 aliphatic heterocycles. The Morgan fingerprint density at radius 1 is 1.21 bits per heavy atom. The fourth-order valence-corrected chi connectivity index (χ4v) is 3.72. The summed E-state index contributed by atoms with van der Waals surface area (Å²) >= 11 is 1.61.